The van der Waals surface area contributed by atoms with Crippen molar-refractivity contribution in [3.05, 3.63) is 42.4 Å². The van der Waals surface area contributed by atoms with Crippen LogP contribution in [-0.4, -0.2) is 33.1 Å². The normalized spacial score (nSPS) is 17.8. The summed E-state index contributed by atoms with van der Waals surface area (Å²) in [5.74, 6) is 0.548. The third-order valence-corrected chi connectivity index (χ3v) is 3.65. The summed E-state index contributed by atoms with van der Waals surface area (Å²) in [5.41, 5.74) is 0.952. The van der Waals surface area contributed by atoms with Crippen molar-refractivity contribution in [2.45, 2.75) is 19.4 Å². The van der Waals surface area contributed by atoms with Gasteiger partial charge < -0.3 is 10.6 Å². The Morgan fingerprint density at radius 1 is 1.45 bits per heavy atom. The molecule has 2 aromatic heterocycles. The van der Waals surface area contributed by atoms with E-state index in [1.165, 1.54) is 0 Å². The molecule has 2 N–H and O–H groups in total. The third kappa shape index (κ3) is 3.30. The standard InChI is InChI=1S/C15H17N5O2/c21-14-3-2-12(10-17-14)15(22)18-9-11-4-6-16-13(8-11)20-7-1-5-19-20/h1,4-8,12H,2-3,9-10H2,(H,17,21)(H,18,22)/t12-/m1/s1. The molecule has 0 unspecified atom stereocenters. The second-order valence-corrected chi connectivity index (χ2v) is 5.23. The summed E-state index contributed by atoms with van der Waals surface area (Å²) in [6, 6.07) is 5.57. The van der Waals surface area contributed by atoms with Gasteiger partial charge in [0, 0.05) is 38.1 Å². The second kappa shape index (κ2) is 6.38. The lowest BCUT2D eigenvalue weighted by atomic mass is 9.98. The molecule has 0 aromatic carbocycles. The van der Waals surface area contributed by atoms with E-state index < -0.39 is 0 Å². The minimum atomic E-state index is -0.148. The molecule has 7 heteroatoms. The van der Waals surface area contributed by atoms with Gasteiger partial charge in [-0.25, -0.2) is 9.67 Å². The van der Waals surface area contributed by atoms with Crippen LogP contribution in [0.4, 0.5) is 0 Å². The summed E-state index contributed by atoms with van der Waals surface area (Å²) in [7, 11) is 0. The molecule has 3 rings (SSSR count). The van der Waals surface area contributed by atoms with E-state index in [2.05, 4.69) is 20.7 Å². The van der Waals surface area contributed by atoms with Crippen molar-refractivity contribution in [1.29, 1.82) is 0 Å². The van der Waals surface area contributed by atoms with E-state index in [1.807, 2.05) is 24.4 Å². The van der Waals surface area contributed by atoms with Crippen LogP contribution in [0, 0.1) is 5.92 Å². The molecule has 1 aliphatic heterocycles. The Kier molecular flexibility index (Phi) is 4.13. The van der Waals surface area contributed by atoms with Gasteiger partial charge in [-0.2, -0.15) is 5.10 Å². The van der Waals surface area contributed by atoms with Crippen LogP contribution in [-0.2, 0) is 16.1 Å². The number of hydrogen-bond donors (Lipinski definition) is 2. The van der Waals surface area contributed by atoms with Crippen LogP contribution in [0.25, 0.3) is 5.82 Å². The van der Waals surface area contributed by atoms with E-state index >= 15 is 0 Å². The molecule has 0 aliphatic carbocycles. The van der Waals surface area contributed by atoms with Crippen LogP contribution in [0.1, 0.15) is 18.4 Å². The van der Waals surface area contributed by atoms with Gasteiger partial charge in [-0.15, -0.1) is 0 Å². The zero-order valence-electron chi connectivity index (χ0n) is 12.0. The molecule has 0 saturated carbocycles. The second-order valence-electron chi connectivity index (χ2n) is 5.23. The average molecular weight is 299 g/mol. The van der Waals surface area contributed by atoms with Crippen LogP contribution in [0.3, 0.4) is 0 Å². The first-order valence-electron chi connectivity index (χ1n) is 7.22. The minimum absolute atomic E-state index is 0.0158. The number of rotatable bonds is 4. The number of pyridine rings is 1. The highest BCUT2D eigenvalue weighted by Crippen LogP contribution is 2.11. The van der Waals surface area contributed by atoms with Gasteiger partial charge in [-0.3, -0.25) is 9.59 Å². The largest absolute Gasteiger partial charge is 0.355 e. The minimum Gasteiger partial charge on any atom is -0.355 e. The first kappa shape index (κ1) is 14.2. The van der Waals surface area contributed by atoms with Crippen molar-refractivity contribution in [3.63, 3.8) is 0 Å². The number of amides is 2. The molecule has 1 saturated heterocycles. The molecule has 2 aromatic rings. The van der Waals surface area contributed by atoms with E-state index in [1.54, 1.807) is 17.1 Å². The van der Waals surface area contributed by atoms with Crippen LogP contribution in [0.5, 0.6) is 0 Å². The summed E-state index contributed by atoms with van der Waals surface area (Å²) in [6.07, 6.45) is 6.21. The molecule has 114 valence electrons. The van der Waals surface area contributed by atoms with E-state index in [4.69, 9.17) is 0 Å². The Bertz CT molecular complexity index is 658. The summed E-state index contributed by atoms with van der Waals surface area (Å²) >= 11 is 0. The highest BCUT2D eigenvalue weighted by Gasteiger charge is 2.23. The van der Waals surface area contributed by atoms with Gasteiger partial charge in [-0.05, 0) is 30.2 Å². The quantitative estimate of drug-likeness (QED) is 0.856. The number of nitrogens with zero attached hydrogens (tertiary/aromatic N) is 3. The molecule has 0 spiro atoms. The first-order chi connectivity index (χ1) is 10.7. The molecule has 0 radical (unpaired) electrons. The SMILES string of the molecule is O=C1CC[C@@H](C(=O)NCc2ccnc(-n3cccn3)c2)CN1. The van der Waals surface area contributed by atoms with E-state index in [0.717, 1.165) is 5.56 Å². The summed E-state index contributed by atoms with van der Waals surface area (Å²) < 4.78 is 1.67. The molecule has 1 atom stereocenters. The Morgan fingerprint density at radius 2 is 2.36 bits per heavy atom. The van der Waals surface area contributed by atoms with Gasteiger partial charge in [0.2, 0.25) is 11.8 Å². The highest BCUT2D eigenvalue weighted by molar-refractivity contribution is 5.83. The molecule has 22 heavy (non-hydrogen) atoms. The summed E-state index contributed by atoms with van der Waals surface area (Å²) in [4.78, 5) is 27.4. The van der Waals surface area contributed by atoms with Gasteiger partial charge in [0.15, 0.2) is 5.82 Å². The van der Waals surface area contributed by atoms with Crippen molar-refractivity contribution >= 4 is 11.8 Å². The highest BCUT2D eigenvalue weighted by atomic mass is 16.2. The third-order valence-electron chi connectivity index (χ3n) is 3.65. The van der Waals surface area contributed by atoms with E-state index in [0.29, 0.717) is 31.7 Å². The first-order valence-corrected chi connectivity index (χ1v) is 7.22. The number of carbonyl (C=O) groups is 2. The maximum absolute atomic E-state index is 12.1. The fourth-order valence-corrected chi connectivity index (χ4v) is 2.39. The predicted molar refractivity (Wildman–Crippen MR) is 78.9 cm³/mol. The molecular weight excluding hydrogens is 282 g/mol. The van der Waals surface area contributed by atoms with Crippen LogP contribution >= 0.6 is 0 Å². The summed E-state index contributed by atoms with van der Waals surface area (Å²) in [5, 5.41) is 9.76. The van der Waals surface area contributed by atoms with Gasteiger partial charge in [0.1, 0.15) is 0 Å². The molecule has 2 amide bonds. The topological polar surface area (TPSA) is 88.9 Å². The van der Waals surface area contributed by atoms with E-state index in [-0.39, 0.29) is 17.7 Å². The molecule has 0 bridgehead atoms. The Balaban J connectivity index is 1.58. The van der Waals surface area contributed by atoms with Gasteiger partial charge in [-0.1, -0.05) is 0 Å². The van der Waals surface area contributed by atoms with E-state index in [9.17, 15) is 9.59 Å². The predicted octanol–water partition coefficient (Wildman–Crippen LogP) is 0.410. The van der Waals surface area contributed by atoms with Crippen molar-refractivity contribution < 1.29 is 9.59 Å². The zero-order chi connectivity index (χ0) is 15.4. The average Bonchev–Trinajstić information content (AvgIpc) is 3.08. The van der Waals surface area contributed by atoms with Gasteiger partial charge in [0.05, 0.1) is 5.92 Å². The number of carbonyl (C=O) groups excluding carboxylic acids is 2. The Hall–Kier alpha value is -2.70. The Morgan fingerprint density at radius 3 is 3.09 bits per heavy atom. The molecule has 1 aliphatic rings. The number of aromatic nitrogens is 3. The van der Waals surface area contributed by atoms with Gasteiger partial charge >= 0.3 is 0 Å². The fourth-order valence-electron chi connectivity index (χ4n) is 2.39. The number of hydrogen-bond acceptors (Lipinski definition) is 4. The van der Waals surface area contributed by atoms with Crippen LogP contribution in [0.15, 0.2) is 36.8 Å². The lowest BCUT2D eigenvalue weighted by Gasteiger charge is -2.21. The van der Waals surface area contributed by atoms with Crippen molar-refractivity contribution in [2.75, 3.05) is 6.54 Å². The number of nitrogens with one attached hydrogen (secondary N) is 2. The monoisotopic (exact) mass is 299 g/mol. The fraction of sp³-hybridized carbons (Fsp3) is 0.333. The van der Waals surface area contributed by atoms with Crippen molar-refractivity contribution in [2.24, 2.45) is 5.92 Å². The molecule has 1 fully saturated rings. The molecular formula is C15H17N5O2. The smallest absolute Gasteiger partial charge is 0.225 e. The maximum Gasteiger partial charge on any atom is 0.225 e. The van der Waals surface area contributed by atoms with Crippen LogP contribution < -0.4 is 10.6 Å². The lowest BCUT2D eigenvalue weighted by molar-refractivity contribution is -0.129. The summed E-state index contributed by atoms with van der Waals surface area (Å²) in [6.45, 7) is 0.847. The van der Waals surface area contributed by atoms with Gasteiger partial charge in [0.25, 0.3) is 0 Å². The Labute approximate surface area is 127 Å². The molecule has 3 heterocycles. The number of piperidine rings is 1. The zero-order valence-corrected chi connectivity index (χ0v) is 12.0. The van der Waals surface area contributed by atoms with Crippen LogP contribution in [0.2, 0.25) is 0 Å². The van der Waals surface area contributed by atoms with Crippen molar-refractivity contribution in [1.82, 2.24) is 25.4 Å². The van der Waals surface area contributed by atoms with Crippen molar-refractivity contribution in [3.8, 4) is 5.82 Å². The maximum atomic E-state index is 12.1. The molecule has 7 nitrogen and oxygen atoms in total. The lowest BCUT2D eigenvalue weighted by Crippen LogP contribution is -2.42.